The molecule has 1 fully saturated rings. The number of esters is 1. The SMILES string of the molecule is CCOC(=O)/C=C/CN1CC(C)NCC1C. The minimum Gasteiger partial charge on any atom is -0.463 e. The Morgan fingerprint density at radius 3 is 3.00 bits per heavy atom. The first-order chi connectivity index (χ1) is 7.63. The summed E-state index contributed by atoms with van der Waals surface area (Å²) in [6.45, 7) is 9.45. The van der Waals surface area contributed by atoms with Crippen molar-refractivity contribution in [3.05, 3.63) is 12.2 Å². The van der Waals surface area contributed by atoms with Crippen LogP contribution in [0.5, 0.6) is 0 Å². The standard InChI is InChI=1S/C12H22N2O2/c1-4-16-12(15)6-5-7-14-9-10(2)13-8-11(14)3/h5-6,10-11,13H,4,7-9H2,1-3H3/b6-5+. The monoisotopic (exact) mass is 226 g/mol. The summed E-state index contributed by atoms with van der Waals surface area (Å²) < 4.78 is 4.82. The number of ether oxygens (including phenoxy) is 1. The molecule has 1 aliphatic heterocycles. The zero-order valence-corrected chi connectivity index (χ0v) is 10.4. The van der Waals surface area contributed by atoms with Gasteiger partial charge < -0.3 is 10.1 Å². The minimum atomic E-state index is -0.252. The van der Waals surface area contributed by atoms with Crippen molar-refractivity contribution in [2.24, 2.45) is 0 Å². The van der Waals surface area contributed by atoms with Crippen LogP contribution in [0.1, 0.15) is 20.8 Å². The average Bonchev–Trinajstić information content (AvgIpc) is 2.23. The maximum atomic E-state index is 11.1. The van der Waals surface area contributed by atoms with Gasteiger partial charge >= 0.3 is 5.97 Å². The zero-order valence-electron chi connectivity index (χ0n) is 10.4. The Kier molecular flexibility index (Phi) is 5.49. The third-order valence-corrected chi connectivity index (χ3v) is 2.77. The van der Waals surface area contributed by atoms with E-state index in [0.717, 1.165) is 19.6 Å². The molecule has 4 heteroatoms. The first-order valence-electron chi connectivity index (χ1n) is 5.94. The van der Waals surface area contributed by atoms with Crippen LogP contribution in [0.25, 0.3) is 0 Å². The molecule has 0 bridgehead atoms. The fraction of sp³-hybridized carbons (Fsp3) is 0.750. The van der Waals surface area contributed by atoms with E-state index in [0.29, 0.717) is 18.7 Å². The Labute approximate surface area is 97.6 Å². The molecule has 0 aromatic rings. The summed E-state index contributed by atoms with van der Waals surface area (Å²) in [5, 5.41) is 3.42. The van der Waals surface area contributed by atoms with Crippen molar-refractivity contribution in [3.8, 4) is 0 Å². The van der Waals surface area contributed by atoms with Crippen LogP contribution >= 0.6 is 0 Å². The molecule has 1 aliphatic rings. The number of carbonyl (C=O) groups excluding carboxylic acids is 1. The van der Waals surface area contributed by atoms with Crippen LogP contribution in [-0.4, -0.2) is 49.2 Å². The number of nitrogens with one attached hydrogen (secondary N) is 1. The second-order valence-corrected chi connectivity index (χ2v) is 4.27. The number of piperazine rings is 1. The second kappa shape index (κ2) is 6.66. The maximum Gasteiger partial charge on any atom is 0.330 e. The summed E-state index contributed by atoms with van der Waals surface area (Å²) in [4.78, 5) is 13.4. The number of hydrogen-bond donors (Lipinski definition) is 1. The van der Waals surface area contributed by atoms with Gasteiger partial charge in [0, 0.05) is 37.8 Å². The molecule has 0 spiro atoms. The number of rotatable bonds is 4. The Hall–Kier alpha value is -0.870. The lowest BCUT2D eigenvalue weighted by Crippen LogP contribution is -2.54. The number of hydrogen-bond acceptors (Lipinski definition) is 4. The van der Waals surface area contributed by atoms with Crippen LogP contribution in [0.4, 0.5) is 0 Å². The molecule has 1 saturated heterocycles. The van der Waals surface area contributed by atoms with Gasteiger partial charge in [0.15, 0.2) is 0 Å². The molecule has 0 aromatic heterocycles. The lowest BCUT2D eigenvalue weighted by atomic mass is 10.1. The van der Waals surface area contributed by atoms with Crippen LogP contribution in [-0.2, 0) is 9.53 Å². The van der Waals surface area contributed by atoms with Crippen LogP contribution in [0, 0.1) is 0 Å². The molecule has 0 amide bonds. The molecule has 4 nitrogen and oxygen atoms in total. The fourth-order valence-corrected chi connectivity index (χ4v) is 1.83. The summed E-state index contributed by atoms with van der Waals surface area (Å²) in [5.41, 5.74) is 0. The number of nitrogens with zero attached hydrogens (tertiary/aromatic N) is 1. The van der Waals surface area contributed by atoms with Crippen molar-refractivity contribution >= 4 is 5.97 Å². The quantitative estimate of drug-likeness (QED) is 0.568. The van der Waals surface area contributed by atoms with Crippen molar-refractivity contribution in [1.29, 1.82) is 0 Å². The molecule has 1 N–H and O–H groups in total. The van der Waals surface area contributed by atoms with E-state index in [-0.39, 0.29) is 5.97 Å². The Balaban J connectivity index is 2.32. The van der Waals surface area contributed by atoms with Gasteiger partial charge in [-0.3, -0.25) is 4.90 Å². The molecule has 0 saturated carbocycles. The van der Waals surface area contributed by atoms with E-state index in [1.54, 1.807) is 0 Å². The lowest BCUT2D eigenvalue weighted by molar-refractivity contribution is -0.137. The first-order valence-corrected chi connectivity index (χ1v) is 5.94. The van der Waals surface area contributed by atoms with Gasteiger partial charge in [-0.1, -0.05) is 6.08 Å². The van der Waals surface area contributed by atoms with Crippen LogP contribution in [0.15, 0.2) is 12.2 Å². The van der Waals surface area contributed by atoms with Gasteiger partial charge in [-0.05, 0) is 20.8 Å². The van der Waals surface area contributed by atoms with Crippen molar-refractivity contribution in [2.75, 3.05) is 26.2 Å². The zero-order chi connectivity index (χ0) is 12.0. The third-order valence-electron chi connectivity index (χ3n) is 2.77. The molecule has 2 atom stereocenters. The average molecular weight is 226 g/mol. The summed E-state index contributed by atoms with van der Waals surface area (Å²) in [6, 6.07) is 1.04. The van der Waals surface area contributed by atoms with Crippen molar-refractivity contribution in [1.82, 2.24) is 10.2 Å². The first kappa shape index (κ1) is 13.2. The predicted octanol–water partition coefficient (Wildman–Crippen LogP) is 0.788. The van der Waals surface area contributed by atoms with E-state index in [9.17, 15) is 4.79 Å². The van der Waals surface area contributed by atoms with Crippen LogP contribution in [0.2, 0.25) is 0 Å². The highest BCUT2D eigenvalue weighted by atomic mass is 16.5. The van der Waals surface area contributed by atoms with Gasteiger partial charge in [-0.2, -0.15) is 0 Å². The fourth-order valence-electron chi connectivity index (χ4n) is 1.83. The summed E-state index contributed by atoms with van der Waals surface area (Å²) in [6.07, 6.45) is 3.40. The normalized spacial score (nSPS) is 27.2. The van der Waals surface area contributed by atoms with Gasteiger partial charge in [0.25, 0.3) is 0 Å². The van der Waals surface area contributed by atoms with E-state index in [4.69, 9.17) is 4.74 Å². The molecule has 92 valence electrons. The molecule has 16 heavy (non-hydrogen) atoms. The summed E-state index contributed by atoms with van der Waals surface area (Å²) >= 11 is 0. The van der Waals surface area contributed by atoms with Gasteiger partial charge in [0.05, 0.1) is 6.61 Å². The molecular formula is C12H22N2O2. The lowest BCUT2D eigenvalue weighted by Gasteiger charge is -2.36. The predicted molar refractivity (Wildman–Crippen MR) is 64.3 cm³/mol. The van der Waals surface area contributed by atoms with Gasteiger partial charge in [-0.15, -0.1) is 0 Å². The largest absolute Gasteiger partial charge is 0.463 e. The smallest absolute Gasteiger partial charge is 0.330 e. The minimum absolute atomic E-state index is 0.252. The van der Waals surface area contributed by atoms with E-state index in [2.05, 4.69) is 24.1 Å². The molecule has 1 heterocycles. The molecule has 2 unspecified atom stereocenters. The second-order valence-electron chi connectivity index (χ2n) is 4.27. The van der Waals surface area contributed by atoms with Crippen molar-refractivity contribution in [3.63, 3.8) is 0 Å². The third kappa shape index (κ3) is 4.33. The van der Waals surface area contributed by atoms with Crippen molar-refractivity contribution < 1.29 is 9.53 Å². The van der Waals surface area contributed by atoms with E-state index < -0.39 is 0 Å². The van der Waals surface area contributed by atoms with E-state index in [1.807, 2.05) is 13.0 Å². The van der Waals surface area contributed by atoms with E-state index in [1.165, 1.54) is 6.08 Å². The summed E-state index contributed by atoms with van der Waals surface area (Å²) in [5.74, 6) is -0.252. The molecular weight excluding hydrogens is 204 g/mol. The topological polar surface area (TPSA) is 41.6 Å². The van der Waals surface area contributed by atoms with Crippen LogP contribution in [0.3, 0.4) is 0 Å². The highest BCUT2D eigenvalue weighted by Crippen LogP contribution is 2.05. The van der Waals surface area contributed by atoms with Gasteiger partial charge in [0.2, 0.25) is 0 Å². The molecule has 0 aromatic carbocycles. The Morgan fingerprint density at radius 1 is 1.56 bits per heavy atom. The Morgan fingerprint density at radius 2 is 2.31 bits per heavy atom. The highest BCUT2D eigenvalue weighted by molar-refractivity contribution is 5.81. The van der Waals surface area contributed by atoms with E-state index >= 15 is 0 Å². The molecule has 0 radical (unpaired) electrons. The highest BCUT2D eigenvalue weighted by Gasteiger charge is 2.20. The maximum absolute atomic E-state index is 11.1. The van der Waals surface area contributed by atoms with Crippen LogP contribution < -0.4 is 5.32 Å². The molecule has 0 aliphatic carbocycles. The van der Waals surface area contributed by atoms with Crippen molar-refractivity contribution in [2.45, 2.75) is 32.9 Å². The molecule has 1 rings (SSSR count). The Bertz CT molecular complexity index is 253. The van der Waals surface area contributed by atoms with Gasteiger partial charge in [-0.25, -0.2) is 4.79 Å². The number of carbonyl (C=O) groups is 1. The summed E-state index contributed by atoms with van der Waals surface area (Å²) in [7, 11) is 0. The van der Waals surface area contributed by atoms with Gasteiger partial charge in [0.1, 0.15) is 0 Å².